The number of carbonyl (C=O) groups excluding carboxylic acids is 1. The maximum Gasteiger partial charge on any atom is 0.315 e. The molecule has 1 aromatic rings. The van der Waals surface area contributed by atoms with Gasteiger partial charge in [-0.2, -0.15) is 0 Å². The number of hydrogen-bond donors (Lipinski definition) is 3. The molecule has 1 saturated heterocycles. The molecule has 1 aliphatic heterocycles. The van der Waals surface area contributed by atoms with Gasteiger partial charge in [-0.05, 0) is 44.2 Å². The summed E-state index contributed by atoms with van der Waals surface area (Å²) in [6.07, 6.45) is 6.41. The topological polar surface area (TPSA) is 77.5 Å². The molecule has 2 amide bonds. The van der Waals surface area contributed by atoms with Gasteiger partial charge in [0, 0.05) is 37.8 Å². The summed E-state index contributed by atoms with van der Waals surface area (Å²) < 4.78 is 0. The van der Waals surface area contributed by atoms with Crippen LogP contribution in [-0.4, -0.2) is 47.9 Å². The Morgan fingerprint density at radius 1 is 1.29 bits per heavy atom. The van der Waals surface area contributed by atoms with Crippen LogP contribution in [0, 0.1) is 12.8 Å². The highest BCUT2D eigenvalue weighted by atomic mass is 16.3. The molecule has 2 fully saturated rings. The molecule has 6 nitrogen and oxygen atoms in total. The quantitative estimate of drug-likeness (QED) is 0.786. The van der Waals surface area contributed by atoms with E-state index in [9.17, 15) is 9.90 Å². The van der Waals surface area contributed by atoms with E-state index in [-0.39, 0.29) is 24.1 Å². The van der Waals surface area contributed by atoms with Crippen LogP contribution in [-0.2, 0) is 0 Å². The summed E-state index contributed by atoms with van der Waals surface area (Å²) >= 11 is 0. The minimum absolute atomic E-state index is 0.110. The van der Waals surface area contributed by atoms with Gasteiger partial charge in [-0.25, -0.2) is 9.78 Å². The molecular formula is C18H28N4O2. The molecule has 0 unspecified atom stereocenters. The summed E-state index contributed by atoms with van der Waals surface area (Å²) in [5.41, 5.74) is 1.17. The zero-order chi connectivity index (χ0) is 16.9. The van der Waals surface area contributed by atoms with Crippen LogP contribution in [0.2, 0.25) is 0 Å². The number of pyridine rings is 1. The van der Waals surface area contributed by atoms with Crippen LogP contribution in [0.1, 0.15) is 37.7 Å². The number of aliphatic hydroxyl groups excluding tert-OH is 1. The third kappa shape index (κ3) is 4.38. The van der Waals surface area contributed by atoms with Gasteiger partial charge in [-0.1, -0.05) is 12.5 Å². The molecule has 0 aromatic carbocycles. The summed E-state index contributed by atoms with van der Waals surface area (Å²) in [6, 6.07) is 4.24. The van der Waals surface area contributed by atoms with Crippen molar-refractivity contribution in [2.24, 2.45) is 5.92 Å². The van der Waals surface area contributed by atoms with Crippen molar-refractivity contribution in [3.63, 3.8) is 0 Å². The Morgan fingerprint density at radius 2 is 2.08 bits per heavy atom. The predicted octanol–water partition coefficient (Wildman–Crippen LogP) is 1.82. The van der Waals surface area contributed by atoms with Crippen molar-refractivity contribution in [3.05, 3.63) is 23.9 Å². The van der Waals surface area contributed by atoms with Gasteiger partial charge in [-0.15, -0.1) is 0 Å². The van der Waals surface area contributed by atoms with Gasteiger partial charge in [0.05, 0.1) is 6.10 Å². The van der Waals surface area contributed by atoms with E-state index < -0.39 is 0 Å². The molecule has 3 N–H and O–H groups in total. The Hall–Kier alpha value is -1.82. The average molecular weight is 332 g/mol. The third-order valence-electron chi connectivity index (χ3n) is 5.19. The molecule has 6 heteroatoms. The van der Waals surface area contributed by atoms with Crippen molar-refractivity contribution in [2.75, 3.05) is 24.5 Å². The Labute approximate surface area is 143 Å². The van der Waals surface area contributed by atoms with Crippen LogP contribution in [0.3, 0.4) is 0 Å². The standard InChI is InChI=1S/C18H28N4O2/c1-13-5-6-17(19-11-13)22-9-7-15(8-10-22)21-18(24)20-12-14-3-2-4-16(14)23/h5-6,11,14-16,23H,2-4,7-10,12H2,1H3,(H2,20,21,24)/t14-,16+/m0/s1. The van der Waals surface area contributed by atoms with Crippen LogP contribution in [0.25, 0.3) is 0 Å². The van der Waals surface area contributed by atoms with Gasteiger partial charge in [0.2, 0.25) is 0 Å². The molecule has 24 heavy (non-hydrogen) atoms. The Balaban J connectivity index is 1.38. The highest BCUT2D eigenvalue weighted by molar-refractivity contribution is 5.74. The fourth-order valence-corrected chi connectivity index (χ4v) is 3.62. The highest BCUT2D eigenvalue weighted by Gasteiger charge is 2.26. The number of aryl methyl sites for hydroxylation is 1. The lowest BCUT2D eigenvalue weighted by atomic mass is 10.0. The van der Waals surface area contributed by atoms with E-state index in [2.05, 4.69) is 32.7 Å². The Morgan fingerprint density at radius 3 is 2.71 bits per heavy atom. The molecule has 1 aliphatic carbocycles. The largest absolute Gasteiger partial charge is 0.393 e. The second-order valence-electron chi connectivity index (χ2n) is 7.07. The van der Waals surface area contributed by atoms with Gasteiger partial charge in [0.25, 0.3) is 0 Å². The number of anilines is 1. The normalized spacial score (nSPS) is 24.8. The summed E-state index contributed by atoms with van der Waals surface area (Å²) in [7, 11) is 0. The van der Waals surface area contributed by atoms with Crippen LogP contribution < -0.4 is 15.5 Å². The summed E-state index contributed by atoms with van der Waals surface area (Å²) in [5.74, 6) is 1.23. The molecule has 2 heterocycles. The molecular weight excluding hydrogens is 304 g/mol. The number of rotatable bonds is 4. The number of urea groups is 1. The molecule has 0 spiro atoms. The fraction of sp³-hybridized carbons (Fsp3) is 0.667. The van der Waals surface area contributed by atoms with Crippen molar-refractivity contribution >= 4 is 11.8 Å². The SMILES string of the molecule is Cc1ccc(N2CCC(NC(=O)NC[C@@H]3CCC[C@H]3O)CC2)nc1. The van der Waals surface area contributed by atoms with Crippen molar-refractivity contribution in [1.82, 2.24) is 15.6 Å². The number of carbonyl (C=O) groups is 1. The molecule has 0 radical (unpaired) electrons. The zero-order valence-electron chi connectivity index (χ0n) is 14.4. The number of nitrogens with one attached hydrogen (secondary N) is 2. The maximum atomic E-state index is 12.0. The van der Waals surface area contributed by atoms with Crippen molar-refractivity contribution in [2.45, 2.75) is 51.2 Å². The number of piperidine rings is 1. The van der Waals surface area contributed by atoms with Gasteiger partial charge in [0.1, 0.15) is 5.82 Å². The van der Waals surface area contributed by atoms with Crippen LogP contribution in [0.5, 0.6) is 0 Å². The lowest BCUT2D eigenvalue weighted by Gasteiger charge is -2.33. The first-order valence-electron chi connectivity index (χ1n) is 9.02. The fourth-order valence-electron chi connectivity index (χ4n) is 3.62. The predicted molar refractivity (Wildman–Crippen MR) is 94.1 cm³/mol. The third-order valence-corrected chi connectivity index (χ3v) is 5.19. The van der Waals surface area contributed by atoms with Crippen LogP contribution >= 0.6 is 0 Å². The Bertz CT molecular complexity index is 540. The van der Waals surface area contributed by atoms with Gasteiger partial charge >= 0.3 is 6.03 Å². The second kappa shape index (κ2) is 7.83. The van der Waals surface area contributed by atoms with E-state index in [0.717, 1.165) is 51.0 Å². The van der Waals surface area contributed by atoms with Crippen molar-refractivity contribution in [3.8, 4) is 0 Å². The zero-order valence-corrected chi connectivity index (χ0v) is 14.4. The monoisotopic (exact) mass is 332 g/mol. The van der Waals surface area contributed by atoms with E-state index in [4.69, 9.17) is 0 Å². The maximum absolute atomic E-state index is 12.0. The van der Waals surface area contributed by atoms with Crippen molar-refractivity contribution < 1.29 is 9.90 Å². The summed E-state index contributed by atoms with van der Waals surface area (Å²) in [5, 5.41) is 15.8. The number of hydrogen-bond acceptors (Lipinski definition) is 4. The average Bonchev–Trinajstić information content (AvgIpc) is 3.00. The molecule has 1 aromatic heterocycles. The number of nitrogens with zero attached hydrogens (tertiary/aromatic N) is 2. The van der Waals surface area contributed by atoms with Crippen molar-refractivity contribution in [1.29, 1.82) is 0 Å². The first-order valence-corrected chi connectivity index (χ1v) is 9.02. The molecule has 2 atom stereocenters. The van der Waals surface area contributed by atoms with E-state index in [1.54, 1.807) is 0 Å². The van der Waals surface area contributed by atoms with Crippen LogP contribution in [0.4, 0.5) is 10.6 Å². The lowest BCUT2D eigenvalue weighted by molar-refractivity contribution is 0.132. The summed E-state index contributed by atoms with van der Waals surface area (Å²) in [4.78, 5) is 18.8. The number of aromatic nitrogens is 1. The molecule has 0 bridgehead atoms. The molecule has 3 rings (SSSR count). The second-order valence-corrected chi connectivity index (χ2v) is 7.07. The highest BCUT2D eigenvalue weighted by Crippen LogP contribution is 2.24. The first kappa shape index (κ1) is 17.0. The smallest absolute Gasteiger partial charge is 0.315 e. The van der Waals surface area contributed by atoms with Gasteiger partial charge in [0.15, 0.2) is 0 Å². The van der Waals surface area contributed by atoms with Gasteiger partial charge < -0.3 is 20.6 Å². The number of aliphatic hydroxyl groups is 1. The minimum Gasteiger partial charge on any atom is -0.393 e. The lowest BCUT2D eigenvalue weighted by Crippen LogP contribution is -2.49. The molecule has 1 saturated carbocycles. The van der Waals surface area contributed by atoms with E-state index in [1.165, 1.54) is 5.56 Å². The molecule has 132 valence electrons. The number of amides is 2. The first-order chi connectivity index (χ1) is 11.6. The van der Waals surface area contributed by atoms with E-state index >= 15 is 0 Å². The van der Waals surface area contributed by atoms with Gasteiger partial charge in [-0.3, -0.25) is 0 Å². The van der Waals surface area contributed by atoms with E-state index in [1.807, 2.05) is 13.1 Å². The van der Waals surface area contributed by atoms with Crippen LogP contribution in [0.15, 0.2) is 18.3 Å². The minimum atomic E-state index is -0.254. The summed E-state index contributed by atoms with van der Waals surface area (Å²) in [6.45, 7) is 4.42. The Kier molecular flexibility index (Phi) is 5.56. The van der Waals surface area contributed by atoms with E-state index in [0.29, 0.717) is 6.54 Å². The molecule has 2 aliphatic rings.